The lowest BCUT2D eigenvalue weighted by Gasteiger charge is -2.03. The highest BCUT2D eigenvalue weighted by Crippen LogP contribution is 2.29. The van der Waals surface area contributed by atoms with Crippen LogP contribution in [-0.4, -0.2) is 25.8 Å². The highest BCUT2D eigenvalue weighted by atomic mass is 16.4. The molecule has 4 aromatic rings. The zero-order valence-corrected chi connectivity index (χ0v) is 12.1. The Labute approximate surface area is 131 Å². The van der Waals surface area contributed by atoms with Crippen molar-refractivity contribution in [2.24, 2.45) is 0 Å². The van der Waals surface area contributed by atoms with Crippen molar-refractivity contribution in [3.63, 3.8) is 0 Å². The number of carboxylic acids is 1. The van der Waals surface area contributed by atoms with Crippen molar-refractivity contribution in [3.8, 4) is 16.9 Å². The molecule has 0 fully saturated rings. The van der Waals surface area contributed by atoms with Gasteiger partial charge in [0.2, 0.25) is 0 Å². The number of aromatic amines is 1. The molecule has 2 aromatic carbocycles. The van der Waals surface area contributed by atoms with Crippen LogP contribution < -0.4 is 0 Å². The third kappa shape index (κ3) is 2.19. The second-order valence-corrected chi connectivity index (χ2v) is 5.22. The van der Waals surface area contributed by atoms with E-state index in [1.807, 2.05) is 60.8 Å². The summed E-state index contributed by atoms with van der Waals surface area (Å²) < 4.78 is 1.46. The molecule has 0 aliphatic heterocycles. The van der Waals surface area contributed by atoms with E-state index < -0.39 is 5.97 Å². The van der Waals surface area contributed by atoms with Crippen molar-refractivity contribution < 1.29 is 9.90 Å². The number of nitrogens with one attached hydrogen (secondary N) is 1. The average molecular weight is 303 g/mol. The summed E-state index contributed by atoms with van der Waals surface area (Å²) in [6.45, 7) is 0. The fourth-order valence-electron chi connectivity index (χ4n) is 2.71. The topological polar surface area (TPSA) is 70.9 Å². The molecule has 5 nitrogen and oxygen atoms in total. The Balaban J connectivity index is 1.93. The zero-order valence-electron chi connectivity index (χ0n) is 12.1. The fourth-order valence-corrected chi connectivity index (χ4v) is 2.71. The molecule has 0 saturated heterocycles. The lowest BCUT2D eigenvalue weighted by molar-refractivity contribution is 0.0687. The molecule has 112 valence electrons. The summed E-state index contributed by atoms with van der Waals surface area (Å²) >= 11 is 0. The lowest BCUT2D eigenvalue weighted by Crippen LogP contribution is -2.07. The molecule has 0 aliphatic rings. The molecule has 2 heterocycles. The number of aromatic carboxylic acids is 1. The van der Waals surface area contributed by atoms with E-state index in [1.54, 1.807) is 6.07 Å². The van der Waals surface area contributed by atoms with Gasteiger partial charge in [0.25, 0.3) is 0 Å². The van der Waals surface area contributed by atoms with Crippen LogP contribution >= 0.6 is 0 Å². The van der Waals surface area contributed by atoms with Gasteiger partial charge in [0.15, 0.2) is 5.69 Å². The summed E-state index contributed by atoms with van der Waals surface area (Å²) in [4.78, 5) is 14.8. The predicted molar refractivity (Wildman–Crippen MR) is 87.8 cm³/mol. The molecule has 2 N–H and O–H groups in total. The fraction of sp³-hybridized carbons (Fsp3) is 0. The monoisotopic (exact) mass is 303 g/mol. The van der Waals surface area contributed by atoms with E-state index in [2.05, 4.69) is 10.1 Å². The highest BCUT2D eigenvalue weighted by Gasteiger charge is 2.18. The number of carbonyl (C=O) groups is 1. The van der Waals surface area contributed by atoms with Gasteiger partial charge in [0.1, 0.15) is 0 Å². The van der Waals surface area contributed by atoms with Gasteiger partial charge in [-0.05, 0) is 24.3 Å². The summed E-state index contributed by atoms with van der Waals surface area (Å²) in [5, 5.41) is 15.0. The van der Waals surface area contributed by atoms with Crippen molar-refractivity contribution in [2.45, 2.75) is 0 Å². The van der Waals surface area contributed by atoms with Crippen molar-refractivity contribution in [1.82, 2.24) is 14.8 Å². The maximum atomic E-state index is 11.6. The number of H-pyrrole nitrogens is 1. The second-order valence-electron chi connectivity index (χ2n) is 5.22. The highest BCUT2D eigenvalue weighted by molar-refractivity contribution is 5.96. The van der Waals surface area contributed by atoms with Crippen LogP contribution in [0.3, 0.4) is 0 Å². The van der Waals surface area contributed by atoms with Gasteiger partial charge in [-0.1, -0.05) is 36.4 Å². The van der Waals surface area contributed by atoms with E-state index in [0.717, 1.165) is 22.2 Å². The van der Waals surface area contributed by atoms with Crippen molar-refractivity contribution in [3.05, 3.63) is 72.6 Å². The van der Waals surface area contributed by atoms with Gasteiger partial charge in [-0.2, -0.15) is 5.10 Å². The molecule has 0 saturated carbocycles. The van der Waals surface area contributed by atoms with Crippen LogP contribution in [0, 0.1) is 0 Å². The summed E-state index contributed by atoms with van der Waals surface area (Å²) in [6, 6.07) is 18.7. The molecule has 0 amide bonds. The Morgan fingerprint density at radius 1 is 1.04 bits per heavy atom. The molecular weight excluding hydrogens is 290 g/mol. The van der Waals surface area contributed by atoms with E-state index in [0.29, 0.717) is 5.69 Å². The largest absolute Gasteiger partial charge is 0.477 e. The molecule has 0 unspecified atom stereocenters. The van der Waals surface area contributed by atoms with Gasteiger partial charge in [-0.3, -0.25) is 0 Å². The number of hydrogen-bond donors (Lipinski definition) is 2. The van der Waals surface area contributed by atoms with Crippen LogP contribution in [0.1, 0.15) is 10.5 Å². The van der Waals surface area contributed by atoms with Crippen LogP contribution in [0.2, 0.25) is 0 Å². The Morgan fingerprint density at radius 2 is 1.78 bits per heavy atom. The summed E-state index contributed by atoms with van der Waals surface area (Å²) in [5.74, 6) is -1.01. The summed E-state index contributed by atoms with van der Waals surface area (Å²) in [7, 11) is 0. The van der Waals surface area contributed by atoms with E-state index in [-0.39, 0.29) is 5.69 Å². The first-order chi connectivity index (χ1) is 11.2. The molecule has 0 spiro atoms. The maximum absolute atomic E-state index is 11.6. The van der Waals surface area contributed by atoms with Crippen LogP contribution in [0.25, 0.3) is 27.8 Å². The third-order valence-electron chi connectivity index (χ3n) is 3.79. The van der Waals surface area contributed by atoms with Gasteiger partial charge in [-0.15, -0.1) is 0 Å². The van der Waals surface area contributed by atoms with Gasteiger partial charge in [0.05, 0.1) is 11.4 Å². The molecule has 0 radical (unpaired) electrons. The zero-order chi connectivity index (χ0) is 15.8. The molecule has 23 heavy (non-hydrogen) atoms. The predicted octanol–water partition coefficient (Wildman–Crippen LogP) is 3.72. The number of nitrogens with zero attached hydrogens (tertiary/aromatic N) is 2. The van der Waals surface area contributed by atoms with E-state index in [9.17, 15) is 9.90 Å². The number of aromatic nitrogens is 3. The number of carboxylic acid groups (broad SMARTS) is 1. The Hall–Kier alpha value is -3.34. The first kappa shape index (κ1) is 13.3. The summed E-state index contributed by atoms with van der Waals surface area (Å²) in [6.07, 6.45) is 1.86. The minimum absolute atomic E-state index is 0.136. The Morgan fingerprint density at radius 3 is 2.57 bits per heavy atom. The molecule has 2 aromatic heterocycles. The number of para-hydroxylation sites is 2. The second kappa shape index (κ2) is 5.14. The first-order valence-corrected chi connectivity index (χ1v) is 7.19. The third-order valence-corrected chi connectivity index (χ3v) is 3.79. The molecule has 0 bridgehead atoms. The van der Waals surface area contributed by atoms with Gasteiger partial charge in [0, 0.05) is 22.7 Å². The van der Waals surface area contributed by atoms with Gasteiger partial charge in [-0.25, -0.2) is 9.48 Å². The maximum Gasteiger partial charge on any atom is 0.354 e. The number of benzene rings is 2. The number of rotatable bonds is 3. The van der Waals surface area contributed by atoms with E-state index in [1.165, 1.54) is 4.68 Å². The molecule has 4 rings (SSSR count). The van der Waals surface area contributed by atoms with Gasteiger partial charge >= 0.3 is 5.97 Å². The first-order valence-electron chi connectivity index (χ1n) is 7.19. The van der Waals surface area contributed by atoms with Crippen LogP contribution in [0.4, 0.5) is 0 Å². The van der Waals surface area contributed by atoms with Crippen molar-refractivity contribution in [1.29, 1.82) is 0 Å². The van der Waals surface area contributed by atoms with Gasteiger partial charge < -0.3 is 10.1 Å². The normalized spacial score (nSPS) is 11.0. The van der Waals surface area contributed by atoms with E-state index >= 15 is 0 Å². The van der Waals surface area contributed by atoms with Crippen molar-refractivity contribution in [2.75, 3.05) is 0 Å². The SMILES string of the molecule is O=C(O)c1cc(-c2c[nH]c3ccccc23)nn1-c1ccccc1. The smallest absolute Gasteiger partial charge is 0.354 e. The minimum Gasteiger partial charge on any atom is -0.477 e. The van der Waals surface area contributed by atoms with Crippen molar-refractivity contribution >= 4 is 16.9 Å². The standard InChI is InChI=1S/C18H13N3O2/c22-18(23)17-10-16(20-21(17)12-6-2-1-3-7-12)14-11-19-15-9-5-4-8-13(14)15/h1-11,19H,(H,22,23). The lowest BCUT2D eigenvalue weighted by atomic mass is 10.1. The Kier molecular flexibility index (Phi) is 2.98. The molecule has 0 atom stereocenters. The van der Waals surface area contributed by atoms with E-state index in [4.69, 9.17) is 0 Å². The summed E-state index contributed by atoms with van der Waals surface area (Å²) in [5.41, 5.74) is 3.36. The van der Waals surface area contributed by atoms with Crippen LogP contribution in [-0.2, 0) is 0 Å². The average Bonchev–Trinajstić information content (AvgIpc) is 3.19. The molecule has 5 heteroatoms. The number of hydrogen-bond acceptors (Lipinski definition) is 2. The molecular formula is C18H13N3O2. The molecule has 0 aliphatic carbocycles. The minimum atomic E-state index is -1.01. The quantitative estimate of drug-likeness (QED) is 0.606. The van der Waals surface area contributed by atoms with Crippen LogP contribution in [0.5, 0.6) is 0 Å². The van der Waals surface area contributed by atoms with Crippen LogP contribution in [0.15, 0.2) is 66.9 Å². The number of fused-ring (bicyclic) bond motifs is 1. The Bertz CT molecular complexity index is 999.